The molecule has 0 saturated heterocycles. The summed E-state index contributed by atoms with van der Waals surface area (Å²) in [6.45, 7) is 3.89. The van der Waals surface area contributed by atoms with Crippen LogP contribution in [-0.2, 0) is 19.2 Å². The van der Waals surface area contributed by atoms with Gasteiger partial charge < -0.3 is 54.7 Å². The van der Waals surface area contributed by atoms with Crippen molar-refractivity contribution in [3.05, 3.63) is 0 Å². The third kappa shape index (κ3) is 4700. The van der Waals surface area contributed by atoms with Crippen molar-refractivity contribution in [1.29, 1.82) is 0 Å². The molecular formula is C8H12BLi7O11. The molecule has 0 atom stereocenters. The summed E-state index contributed by atoms with van der Waals surface area (Å²) >= 11 is 0. The van der Waals surface area contributed by atoms with Gasteiger partial charge in [-0.05, 0) is 27.7 Å². The van der Waals surface area contributed by atoms with E-state index in [1.54, 1.807) is 0 Å². The predicted molar refractivity (Wildman–Crippen MR) is 48.5 cm³/mol. The van der Waals surface area contributed by atoms with Crippen LogP contribution in [0.2, 0.25) is 0 Å². The number of rotatable bonds is 0. The van der Waals surface area contributed by atoms with E-state index in [2.05, 4.69) is 0 Å². The van der Waals surface area contributed by atoms with E-state index in [4.69, 9.17) is 54.7 Å². The average Bonchev–Trinajstić information content (AvgIpc) is 1.94. The summed E-state index contributed by atoms with van der Waals surface area (Å²) in [6.07, 6.45) is 0. The molecule has 0 fully saturated rings. The first kappa shape index (κ1) is 78.7. The molecule has 0 amide bonds. The third-order valence-corrected chi connectivity index (χ3v) is 0. The Balaban J connectivity index is -0.00000000978. The second-order valence-corrected chi connectivity index (χ2v) is 2.26. The molecule has 120 valence electrons. The molecule has 0 bridgehead atoms. The van der Waals surface area contributed by atoms with Crippen molar-refractivity contribution in [2.75, 3.05) is 0 Å². The first-order chi connectivity index (χ1) is 8.66. The number of carbonyl (C=O) groups excluding carboxylic acids is 4. The van der Waals surface area contributed by atoms with Gasteiger partial charge in [-0.2, -0.15) is 0 Å². The second-order valence-electron chi connectivity index (χ2n) is 2.26. The Hall–Kier alpha value is 2.01. The first-order valence-corrected chi connectivity index (χ1v) is 4.34. The average molecular weight is 344 g/mol. The second kappa shape index (κ2) is 70.6. The molecule has 0 heterocycles. The fourth-order valence-corrected chi connectivity index (χ4v) is 0. The zero-order chi connectivity index (χ0) is 17.9. The van der Waals surface area contributed by atoms with Gasteiger partial charge in [-0.1, -0.05) is 0 Å². The van der Waals surface area contributed by atoms with Crippen molar-refractivity contribution in [2.45, 2.75) is 27.7 Å². The topological polar surface area (TPSA) is 230 Å². The number of carboxylic acids is 4. The van der Waals surface area contributed by atoms with Gasteiger partial charge in [-0.15, -0.1) is 0 Å². The Labute approximate surface area is 243 Å². The molecule has 0 N–H and O–H groups in total. The minimum absolute atomic E-state index is 0. The summed E-state index contributed by atoms with van der Waals surface area (Å²) in [4.78, 5) is 35.6. The Morgan fingerprint density at radius 2 is 0.444 bits per heavy atom. The van der Waals surface area contributed by atoms with Crippen LogP contribution in [0.1, 0.15) is 27.7 Å². The fourth-order valence-electron chi connectivity index (χ4n) is 0. The Morgan fingerprint density at radius 3 is 0.444 bits per heavy atom. The van der Waals surface area contributed by atoms with Gasteiger partial charge in [0.1, 0.15) is 0 Å². The van der Waals surface area contributed by atoms with Gasteiger partial charge in [0.15, 0.2) is 0 Å². The maximum Gasteiger partial charge on any atom is 1.00 e. The van der Waals surface area contributed by atoms with Gasteiger partial charge in [0.2, 0.25) is 0 Å². The summed E-state index contributed by atoms with van der Waals surface area (Å²) in [5.41, 5.74) is 0. The van der Waals surface area contributed by atoms with Crippen molar-refractivity contribution in [3.8, 4) is 0 Å². The smallest absolute Gasteiger partial charge is 0.907 e. The van der Waals surface area contributed by atoms with Crippen LogP contribution < -0.4 is 168 Å². The molecule has 0 aromatic carbocycles. The molecule has 0 aliphatic rings. The Kier molecular flexibility index (Phi) is 206. The zero-order valence-electron chi connectivity index (χ0n) is 18.1. The Bertz CT molecular complexity index is 219. The molecule has 0 spiro atoms. The van der Waals surface area contributed by atoms with E-state index in [1.165, 1.54) is 0 Å². The molecule has 0 rings (SSSR count). The van der Waals surface area contributed by atoms with E-state index < -0.39 is 31.2 Å². The number of carbonyl (C=O) groups is 4. The molecule has 0 aliphatic heterocycles. The SMILES string of the molecule is CC(=O)[O-].CC(=O)[O-].CC(=O)[O-].CC(=O)[O-].[Li+].[Li+].[Li+].[Li+].[Li+].[Li+].[Li+].[O-]B([O-])[O-]. The first-order valence-electron chi connectivity index (χ1n) is 4.34. The Morgan fingerprint density at radius 1 is 0.444 bits per heavy atom. The third-order valence-electron chi connectivity index (χ3n) is 0. The van der Waals surface area contributed by atoms with E-state index in [1.807, 2.05) is 0 Å². The van der Waals surface area contributed by atoms with Gasteiger partial charge >= 0.3 is 132 Å². The number of aliphatic carboxylic acids is 4. The van der Waals surface area contributed by atoms with Crippen molar-refractivity contribution in [3.63, 3.8) is 0 Å². The van der Waals surface area contributed by atoms with Crippen LogP contribution in [0.5, 0.6) is 0 Å². The van der Waals surface area contributed by atoms with Crippen LogP contribution in [0, 0.1) is 0 Å². The quantitative estimate of drug-likeness (QED) is 0.374. The molecule has 0 aromatic heterocycles. The standard InChI is InChI=1S/4C2H4O2.BO3.7Li/c4*1-2(3)4;2-1(3)4;;;;;;;/h4*1H3,(H,3,4);;;;;;;;/q;;;;-3;7*+1/p-4. The molecule has 0 saturated carbocycles. The van der Waals surface area contributed by atoms with E-state index in [0.29, 0.717) is 0 Å². The molecule has 0 unspecified atom stereocenters. The zero-order valence-corrected chi connectivity index (χ0v) is 18.1. The minimum Gasteiger partial charge on any atom is -0.907 e. The number of hydrogen-bond acceptors (Lipinski definition) is 11. The summed E-state index contributed by atoms with van der Waals surface area (Å²) in [7, 11) is -2.92. The van der Waals surface area contributed by atoms with Crippen molar-refractivity contribution in [1.82, 2.24) is 0 Å². The van der Waals surface area contributed by atoms with E-state index in [9.17, 15) is 0 Å². The molecule has 0 aliphatic carbocycles. The van der Waals surface area contributed by atoms with Gasteiger partial charge in [0, 0.05) is 23.9 Å². The van der Waals surface area contributed by atoms with Gasteiger partial charge in [0.25, 0.3) is 0 Å². The maximum absolute atomic E-state index is 8.89. The number of carboxylic acid groups (broad SMARTS) is 4. The van der Waals surface area contributed by atoms with E-state index in [0.717, 1.165) is 27.7 Å². The van der Waals surface area contributed by atoms with Crippen molar-refractivity contribution < 1.29 is 187 Å². The minimum atomic E-state index is -2.92. The molecule has 27 heavy (non-hydrogen) atoms. The van der Waals surface area contributed by atoms with Crippen LogP contribution in [0.25, 0.3) is 0 Å². The summed E-state index contributed by atoms with van der Waals surface area (Å²) in [5.74, 6) is -4.33. The maximum atomic E-state index is 8.89. The van der Waals surface area contributed by atoms with Gasteiger partial charge in [0.05, 0.1) is 0 Å². The van der Waals surface area contributed by atoms with Crippen molar-refractivity contribution >= 4 is 31.2 Å². The van der Waals surface area contributed by atoms with Crippen LogP contribution >= 0.6 is 0 Å². The van der Waals surface area contributed by atoms with Gasteiger partial charge in [-0.3, -0.25) is 7.32 Å². The van der Waals surface area contributed by atoms with Crippen molar-refractivity contribution in [2.24, 2.45) is 0 Å². The van der Waals surface area contributed by atoms with Gasteiger partial charge in [-0.25, -0.2) is 0 Å². The largest absolute Gasteiger partial charge is 1.00 e. The summed E-state index contributed by atoms with van der Waals surface area (Å²) in [5, 5.41) is 60.8. The van der Waals surface area contributed by atoms with Crippen LogP contribution in [0.4, 0.5) is 0 Å². The molecular weight excluding hydrogens is 331 g/mol. The van der Waals surface area contributed by atoms with E-state index in [-0.39, 0.29) is 132 Å². The van der Waals surface area contributed by atoms with E-state index >= 15 is 0 Å². The summed E-state index contributed by atoms with van der Waals surface area (Å²) < 4.78 is 0. The number of hydrogen-bond donors (Lipinski definition) is 0. The van der Waals surface area contributed by atoms with Crippen LogP contribution in [-0.4, -0.2) is 31.2 Å². The van der Waals surface area contributed by atoms with Crippen LogP contribution in [0.15, 0.2) is 0 Å². The molecule has 0 radical (unpaired) electrons. The molecule has 0 aromatic rings. The predicted octanol–water partition coefficient (Wildman–Crippen LogP) is -29.9. The fraction of sp³-hybridized carbons (Fsp3) is 0.500. The molecule has 19 heteroatoms. The monoisotopic (exact) mass is 344 g/mol. The normalized spacial score (nSPS) is 4.70. The summed E-state index contributed by atoms with van der Waals surface area (Å²) in [6, 6.07) is 0. The molecule has 11 nitrogen and oxygen atoms in total. The van der Waals surface area contributed by atoms with Crippen LogP contribution in [0.3, 0.4) is 0 Å².